The van der Waals surface area contributed by atoms with Gasteiger partial charge in [0.15, 0.2) is 0 Å². The number of para-hydroxylation sites is 1. The molecule has 3 unspecified atom stereocenters. The molecule has 2 rings (SSSR count). The van der Waals surface area contributed by atoms with Gasteiger partial charge in [-0.25, -0.2) is 0 Å². The monoisotopic (exact) mass is 309 g/mol. The summed E-state index contributed by atoms with van der Waals surface area (Å²) in [4.78, 5) is 0. The number of benzene rings is 1. The van der Waals surface area contributed by atoms with Gasteiger partial charge in [-0.2, -0.15) is 0 Å². The fraction of sp³-hybridized carbons (Fsp3) is 0.667. The van der Waals surface area contributed by atoms with E-state index in [-0.39, 0.29) is 12.1 Å². The third-order valence-electron chi connectivity index (χ3n) is 4.47. The molecule has 2 nitrogen and oxygen atoms in total. The highest BCUT2D eigenvalue weighted by Gasteiger charge is 2.26. The first-order valence-electron chi connectivity index (χ1n) is 8.19. The van der Waals surface area contributed by atoms with Crippen LogP contribution in [-0.2, 0) is 6.42 Å². The van der Waals surface area contributed by atoms with E-state index in [1.165, 1.54) is 6.42 Å². The van der Waals surface area contributed by atoms with Crippen molar-refractivity contribution in [2.24, 2.45) is 17.6 Å². The predicted molar refractivity (Wildman–Crippen MR) is 90.0 cm³/mol. The molecular weight excluding hydrogens is 282 g/mol. The van der Waals surface area contributed by atoms with Crippen molar-refractivity contribution in [1.29, 1.82) is 0 Å². The van der Waals surface area contributed by atoms with Crippen LogP contribution in [-0.4, -0.2) is 12.1 Å². The molecule has 0 radical (unpaired) electrons. The van der Waals surface area contributed by atoms with Crippen molar-refractivity contribution < 1.29 is 4.74 Å². The lowest BCUT2D eigenvalue weighted by Crippen LogP contribution is -2.29. The van der Waals surface area contributed by atoms with Crippen molar-refractivity contribution in [2.75, 3.05) is 0 Å². The number of hydrogen-bond donors (Lipinski definition) is 1. The van der Waals surface area contributed by atoms with E-state index < -0.39 is 0 Å². The van der Waals surface area contributed by atoms with Gasteiger partial charge in [0.1, 0.15) is 5.75 Å². The number of rotatable bonds is 5. The Morgan fingerprint density at radius 1 is 1.24 bits per heavy atom. The van der Waals surface area contributed by atoms with E-state index in [0.717, 1.165) is 48.8 Å². The van der Waals surface area contributed by atoms with E-state index >= 15 is 0 Å². The molecule has 0 spiro atoms. The highest BCUT2D eigenvalue weighted by Crippen LogP contribution is 2.36. The number of halogens is 1. The molecule has 0 heterocycles. The summed E-state index contributed by atoms with van der Waals surface area (Å²) in [7, 11) is 0. The molecule has 118 valence electrons. The largest absolute Gasteiger partial charge is 0.489 e. The molecule has 1 fully saturated rings. The smallest absolute Gasteiger partial charge is 0.141 e. The van der Waals surface area contributed by atoms with Gasteiger partial charge in [-0.05, 0) is 55.6 Å². The van der Waals surface area contributed by atoms with Crippen LogP contribution in [0.25, 0.3) is 0 Å². The van der Waals surface area contributed by atoms with Gasteiger partial charge in [0, 0.05) is 6.04 Å². The Labute approximate surface area is 134 Å². The van der Waals surface area contributed by atoms with Crippen LogP contribution in [0.5, 0.6) is 5.75 Å². The Kier molecular flexibility index (Phi) is 5.95. The lowest BCUT2D eigenvalue weighted by atomic mass is 9.82. The van der Waals surface area contributed by atoms with Crippen molar-refractivity contribution in [1.82, 2.24) is 0 Å². The molecule has 0 aliphatic heterocycles. The molecule has 1 aliphatic carbocycles. The molecule has 3 heteroatoms. The van der Waals surface area contributed by atoms with E-state index in [4.69, 9.17) is 22.1 Å². The first-order valence-corrected chi connectivity index (χ1v) is 8.57. The van der Waals surface area contributed by atoms with Gasteiger partial charge >= 0.3 is 0 Å². The first kappa shape index (κ1) is 16.6. The summed E-state index contributed by atoms with van der Waals surface area (Å²) in [5.41, 5.74) is 7.24. The maximum Gasteiger partial charge on any atom is 0.141 e. The van der Waals surface area contributed by atoms with Crippen LogP contribution in [0, 0.1) is 11.8 Å². The van der Waals surface area contributed by atoms with Gasteiger partial charge in [-0.1, -0.05) is 44.5 Å². The zero-order valence-electron chi connectivity index (χ0n) is 13.4. The molecule has 0 aromatic heterocycles. The summed E-state index contributed by atoms with van der Waals surface area (Å²) in [6.07, 6.45) is 5.60. The van der Waals surface area contributed by atoms with Gasteiger partial charge < -0.3 is 10.5 Å². The summed E-state index contributed by atoms with van der Waals surface area (Å²) in [6.45, 7) is 6.74. The Morgan fingerprint density at radius 2 is 1.90 bits per heavy atom. The quantitative estimate of drug-likeness (QED) is 0.846. The molecule has 0 amide bonds. The maximum atomic E-state index is 6.38. The fourth-order valence-corrected chi connectivity index (χ4v) is 3.65. The molecule has 1 saturated carbocycles. The van der Waals surface area contributed by atoms with Gasteiger partial charge in [0.25, 0.3) is 0 Å². The van der Waals surface area contributed by atoms with Crippen LogP contribution >= 0.6 is 11.6 Å². The van der Waals surface area contributed by atoms with Crippen LogP contribution in [0.15, 0.2) is 18.2 Å². The van der Waals surface area contributed by atoms with Crippen molar-refractivity contribution in [2.45, 2.75) is 65.0 Å². The lowest BCUT2D eigenvalue weighted by Gasteiger charge is -2.32. The Bertz CT molecular complexity index is 453. The second kappa shape index (κ2) is 7.51. The van der Waals surface area contributed by atoms with Gasteiger partial charge in [-0.15, -0.1) is 0 Å². The molecule has 21 heavy (non-hydrogen) atoms. The Balaban J connectivity index is 2.14. The van der Waals surface area contributed by atoms with Gasteiger partial charge in [-0.3, -0.25) is 0 Å². The lowest BCUT2D eigenvalue weighted by molar-refractivity contribution is 0.100. The second-order valence-electron chi connectivity index (χ2n) is 6.76. The zero-order chi connectivity index (χ0) is 15.4. The molecule has 0 saturated heterocycles. The third-order valence-corrected chi connectivity index (χ3v) is 4.77. The topological polar surface area (TPSA) is 35.2 Å². The average Bonchev–Trinajstić information content (AvgIpc) is 2.41. The molecule has 3 atom stereocenters. The predicted octanol–water partition coefficient (Wildman–Crippen LogP) is 4.82. The molecular formula is C18H28ClNO. The standard InChI is InChI=1S/C18H28ClNO/c1-4-15(20)11-14-6-5-7-17(19)18(14)21-16-9-12(2)8-13(3)10-16/h5-7,12-13,15-16H,4,8-11,20H2,1-3H3. The van der Waals surface area contributed by atoms with Gasteiger partial charge in [0.05, 0.1) is 11.1 Å². The van der Waals surface area contributed by atoms with Gasteiger partial charge in [0.2, 0.25) is 0 Å². The number of nitrogens with two attached hydrogens (primary N) is 1. The highest BCUT2D eigenvalue weighted by atomic mass is 35.5. The van der Waals surface area contributed by atoms with E-state index in [2.05, 4.69) is 26.8 Å². The van der Waals surface area contributed by atoms with E-state index in [9.17, 15) is 0 Å². The highest BCUT2D eigenvalue weighted by molar-refractivity contribution is 6.32. The minimum Gasteiger partial charge on any atom is -0.489 e. The van der Waals surface area contributed by atoms with Crippen molar-refractivity contribution >= 4 is 11.6 Å². The molecule has 1 aromatic rings. The minimum absolute atomic E-state index is 0.162. The average molecular weight is 310 g/mol. The maximum absolute atomic E-state index is 6.38. The van der Waals surface area contributed by atoms with E-state index in [1.54, 1.807) is 0 Å². The van der Waals surface area contributed by atoms with Crippen LogP contribution in [0.4, 0.5) is 0 Å². The number of hydrogen-bond acceptors (Lipinski definition) is 2. The zero-order valence-corrected chi connectivity index (χ0v) is 14.2. The second-order valence-corrected chi connectivity index (χ2v) is 7.17. The van der Waals surface area contributed by atoms with Crippen molar-refractivity contribution in [3.05, 3.63) is 28.8 Å². The normalized spacial score (nSPS) is 27.4. The SMILES string of the molecule is CCC(N)Cc1cccc(Cl)c1OC1CC(C)CC(C)C1. The fourth-order valence-electron chi connectivity index (χ4n) is 3.41. The van der Waals surface area contributed by atoms with E-state index in [0.29, 0.717) is 5.02 Å². The Hall–Kier alpha value is -0.730. The third kappa shape index (κ3) is 4.62. The summed E-state index contributed by atoms with van der Waals surface area (Å²) in [5.74, 6) is 2.31. The van der Waals surface area contributed by atoms with Crippen LogP contribution in [0.2, 0.25) is 5.02 Å². The van der Waals surface area contributed by atoms with Crippen molar-refractivity contribution in [3.63, 3.8) is 0 Å². The van der Waals surface area contributed by atoms with Crippen LogP contribution in [0.1, 0.15) is 52.0 Å². The minimum atomic E-state index is 0.162. The van der Waals surface area contributed by atoms with Crippen LogP contribution < -0.4 is 10.5 Å². The molecule has 0 bridgehead atoms. The van der Waals surface area contributed by atoms with Crippen molar-refractivity contribution in [3.8, 4) is 5.75 Å². The van der Waals surface area contributed by atoms with Crippen LogP contribution in [0.3, 0.4) is 0 Å². The summed E-state index contributed by atoms with van der Waals surface area (Å²) in [5, 5.41) is 0.710. The summed E-state index contributed by atoms with van der Waals surface area (Å²) < 4.78 is 6.32. The van der Waals surface area contributed by atoms with E-state index in [1.807, 2.05) is 12.1 Å². The first-order chi connectivity index (χ1) is 9.99. The number of ether oxygens (including phenoxy) is 1. The summed E-state index contributed by atoms with van der Waals surface area (Å²) in [6, 6.07) is 6.15. The molecule has 1 aliphatic rings. The molecule has 2 N–H and O–H groups in total. The molecule has 1 aromatic carbocycles. The summed E-state index contributed by atoms with van der Waals surface area (Å²) >= 11 is 6.38. The Morgan fingerprint density at radius 3 is 2.52 bits per heavy atom.